The lowest BCUT2D eigenvalue weighted by Gasteiger charge is -2.20. The van der Waals surface area contributed by atoms with Crippen LogP contribution in [0.3, 0.4) is 0 Å². The molecule has 1 heterocycles. The van der Waals surface area contributed by atoms with Crippen molar-refractivity contribution in [1.29, 1.82) is 0 Å². The summed E-state index contributed by atoms with van der Waals surface area (Å²) in [4.78, 5) is 9.92. The SMILES string of the molecule is COC1=NS(=O)(=O)N(C)C(C)=C1[N+](=O)[O-]. The van der Waals surface area contributed by atoms with Crippen LogP contribution in [0.25, 0.3) is 0 Å². The average molecular weight is 235 g/mol. The second kappa shape index (κ2) is 3.50. The van der Waals surface area contributed by atoms with E-state index in [1.165, 1.54) is 14.0 Å². The van der Waals surface area contributed by atoms with Gasteiger partial charge in [-0.3, -0.25) is 14.4 Å². The van der Waals surface area contributed by atoms with Crippen molar-refractivity contribution in [3.63, 3.8) is 0 Å². The van der Waals surface area contributed by atoms with Gasteiger partial charge in [-0.05, 0) is 6.92 Å². The number of hydrogen-bond acceptors (Lipinski definition) is 5. The van der Waals surface area contributed by atoms with Crippen molar-refractivity contribution in [3.8, 4) is 0 Å². The Hall–Kier alpha value is -1.64. The van der Waals surface area contributed by atoms with E-state index in [1.807, 2.05) is 0 Å². The van der Waals surface area contributed by atoms with E-state index >= 15 is 0 Å². The Labute approximate surface area is 86.2 Å². The van der Waals surface area contributed by atoms with Crippen LogP contribution in [-0.4, -0.2) is 37.7 Å². The molecule has 0 saturated heterocycles. The predicted octanol–water partition coefficient (Wildman–Crippen LogP) is -0.270. The number of nitro groups is 1. The topological polar surface area (TPSA) is 102 Å². The summed E-state index contributed by atoms with van der Waals surface area (Å²) in [5, 5.41) is 10.7. The molecule has 1 aliphatic heterocycles. The van der Waals surface area contributed by atoms with Gasteiger partial charge < -0.3 is 4.74 Å². The van der Waals surface area contributed by atoms with Crippen LogP contribution in [0.2, 0.25) is 0 Å². The van der Waals surface area contributed by atoms with Gasteiger partial charge in [-0.15, -0.1) is 4.40 Å². The van der Waals surface area contributed by atoms with E-state index in [0.717, 1.165) is 11.4 Å². The maximum absolute atomic E-state index is 11.3. The van der Waals surface area contributed by atoms with Crippen LogP contribution in [0.15, 0.2) is 15.8 Å². The van der Waals surface area contributed by atoms with Crippen molar-refractivity contribution >= 4 is 16.1 Å². The van der Waals surface area contributed by atoms with Gasteiger partial charge in [0.15, 0.2) is 0 Å². The molecule has 0 spiro atoms. The molecule has 9 heteroatoms. The van der Waals surface area contributed by atoms with Gasteiger partial charge in [0, 0.05) is 7.05 Å². The maximum Gasteiger partial charge on any atom is 0.351 e. The molecule has 1 aliphatic rings. The van der Waals surface area contributed by atoms with Gasteiger partial charge in [-0.25, -0.2) is 0 Å². The Morgan fingerprint density at radius 1 is 1.53 bits per heavy atom. The van der Waals surface area contributed by atoms with E-state index in [-0.39, 0.29) is 5.70 Å². The molecule has 0 aromatic carbocycles. The largest absolute Gasteiger partial charge is 0.476 e. The highest BCUT2D eigenvalue weighted by Crippen LogP contribution is 2.21. The smallest absolute Gasteiger partial charge is 0.351 e. The molecule has 1 rings (SSSR count). The monoisotopic (exact) mass is 235 g/mol. The van der Waals surface area contributed by atoms with Gasteiger partial charge in [0.2, 0.25) is 0 Å². The highest BCUT2D eigenvalue weighted by Gasteiger charge is 2.37. The van der Waals surface area contributed by atoms with E-state index in [9.17, 15) is 18.5 Å². The molecule has 0 aliphatic carbocycles. The molecule has 0 saturated carbocycles. The summed E-state index contributed by atoms with van der Waals surface area (Å²) in [6.07, 6.45) is 0. The lowest BCUT2D eigenvalue weighted by Crippen LogP contribution is -2.33. The second-order valence-electron chi connectivity index (χ2n) is 2.74. The molecule has 0 aromatic heterocycles. The first-order chi connectivity index (χ1) is 6.81. The van der Waals surface area contributed by atoms with E-state index in [2.05, 4.69) is 9.13 Å². The van der Waals surface area contributed by atoms with Crippen LogP contribution >= 0.6 is 0 Å². The van der Waals surface area contributed by atoms with Crippen LogP contribution in [-0.2, 0) is 14.9 Å². The van der Waals surface area contributed by atoms with Crippen LogP contribution in [0.4, 0.5) is 0 Å². The Kier molecular flexibility index (Phi) is 2.67. The molecule has 0 atom stereocenters. The van der Waals surface area contributed by atoms with E-state index < -0.39 is 26.7 Å². The van der Waals surface area contributed by atoms with Gasteiger partial charge in [0.05, 0.1) is 12.0 Å². The summed E-state index contributed by atoms with van der Waals surface area (Å²) < 4.78 is 31.1. The van der Waals surface area contributed by atoms with Crippen molar-refractivity contribution in [2.45, 2.75) is 6.92 Å². The minimum absolute atomic E-state index is 0.0353. The van der Waals surface area contributed by atoms with Gasteiger partial charge >= 0.3 is 21.8 Å². The minimum atomic E-state index is -3.90. The predicted molar refractivity (Wildman–Crippen MR) is 50.8 cm³/mol. The number of nitrogens with zero attached hydrogens (tertiary/aromatic N) is 3. The van der Waals surface area contributed by atoms with Crippen LogP contribution in [0, 0.1) is 10.1 Å². The summed E-state index contributed by atoms with van der Waals surface area (Å²) in [5.41, 5.74) is -0.485. The Bertz CT molecular complexity index is 463. The first kappa shape index (κ1) is 11.4. The van der Waals surface area contributed by atoms with Crippen molar-refractivity contribution in [3.05, 3.63) is 21.5 Å². The molecule has 0 amide bonds. The third-order valence-electron chi connectivity index (χ3n) is 1.94. The van der Waals surface area contributed by atoms with Crippen LogP contribution in [0.1, 0.15) is 6.92 Å². The number of rotatable bonds is 1. The Balaban J connectivity index is 3.44. The summed E-state index contributed by atoms with van der Waals surface area (Å²) in [7, 11) is -1.60. The van der Waals surface area contributed by atoms with Gasteiger partial charge in [0.25, 0.3) is 0 Å². The molecule has 0 bridgehead atoms. The van der Waals surface area contributed by atoms with Crippen LogP contribution < -0.4 is 0 Å². The number of ether oxygens (including phenoxy) is 1. The van der Waals surface area contributed by atoms with E-state index in [1.54, 1.807) is 0 Å². The Morgan fingerprint density at radius 2 is 2.07 bits per heavy atom. The van der Waals surface area contributed by atoms with Crippen LogP contribution in [0.5, 0.6) is 0 Å². The molecule has 0 radical (unpaired) electrons. The highest BCUT2D eigenvalue weighted by molar-refractivity contribution is 7.88. The molecule has 8 nitrogen and oxygen atoms in total. The lowest BCUT2D eigenvalue weighted by molar-refractivity contribution is -0.418. The zero-order valence-corrected chi connectivity index (χ0v) is 9.11. The minimum Gasteiger partial charge on any atom is -0.476 e. The standard InChI is InChI=1S/C6H9N3O5S/c1-4-5(9(10)11)6(14-3)7-15(12,13)8(4)2/h1-3H3. The normalized spacial score (nSPS) is 19.9. The van der Waals surface area contributed by atoms with Gasteiger partial charge in [-0.2, -0.15) is 8.42 Å². The zero-order valence-electron chi connectivity index (χ0n) is 8.29. The third kappa shape index (κ3) is 1.77. The molecular weight excluding hydrogens is 226 g/mol. The van der Waals surface area contributed by atoms with Crippen molar-refractivity contribution in [2.24, 2.45) is 4.40 Å². The summed E-state index contributed by atoms with van der Waals surface area (Å²) >= 11 is 0. The van der Waals surface area contributed by atoms with E-state index in [0.29, 0.717) is 0 Å². The fraction of sp³-hybridized carbons (Fsp3) is 0.500. The molecule has 0 aromatic rings. The second-order valence-corrected chi connectivity index (χ2v) is 4.36. The molecule has 84 valence electrons. The number of hydrogen-bond donors (Lipinski definition) is 0. The fourth-order valence-electron chi connectivity index (χ4n) is 1.03. The van der Waals surface area contributed by atoms with Crippen molar-refractivity contribution in [1.82, 2.24) is 4.31 Å². The van der Waals surface area contributed by atoms with Crippen molar-refractivity contribution in [2.75, 3.05) is 14.2 Å². The first-order valence-corrected chi connectivity index (χ1v) is 5.19. The fourth-order valence-corrected chi connectivity index (χ4v) is 1.96. The zero-order chi connectivity index (χ0) is 11.8. The lowest BCUT2D eigenvalue weighted by atomic mass is 10.3. The molecule has 15 heavy (non-hydrogen) atoms. The average Bonchev–Trinajstić information content (AvgIpc) is 2.12. The quantitative estimate of drug-likeness (QED) is 0.459. The third-order valence-corrected chi connectivity index (χ3v) is 3.30. The summed E-state index contributed by atoms with van der Waals surface area (Å²) in [6.45, 7) is 1.31. The van der Waals surface area contributed by atoms with Gasteiger partial charge in [0.1, 0.15) is 5.70 Å². The first-order valence-electron chi connectivity index (χ1n) is 3.79. The summed E-state index contributed by atoms with van der Waals surface area (Å²) in [6, 6.07) is 0. The van der Waals surface area contributed by atoms with E-state index in [4.69, 9.17) is 0 Å². The number of allylic oxidation sites excluding steroid dienone is 1. The molecule has 0 fully saturated rings. The highest BCUT2D eigenvalue weighted by atomic mass is 32.2. The molecular formula is C6H9N3O5S. The van der Waals surface area contributed by atoms with Crippen molar-refractivity contribution < 1.29 is 18.1 Å². The maximum atomic E-state index is 11.3. The molecule has 0 N–H and O–H groups in total. The summed E-state index contributed by atoms with van der Waals surface area (Å²) in [5.74, 6) is -0.504. The molecule has 0 unspecified atom stereocenters. The van der Waals surface area contributed by atoms with Gasteiger partial charge in [-0.1, -0.05) is 0 Å². The Morgan fingerprint density at radius 3 is 2.47 bits per heavy atom. The number of methoxy groups -OCH3 is 1.